The predicted octanol–water partition coefficient (Wildman–Crippen LogP) is 1.05. The van der Waals surface area contributed by atoms with Gasteiger partial charge in [-0.25, -0.2) is 0 Å². The monoisotopic (exact) mass is 228 g/mol. The van der Waals surface area contributed by atoms with E-state index in [1.165, 1.54) is 0 Å². The summed E-state index contributed by atoms with van der Waals surface area (Å²) < 4.78 is 5.36. The van der Waals surface area contributed by atoms with E-state index >= 15 is 0 Å². The summed E-state index contributed by atoms with van der Waals surface area (Å²) in [4.78, 5) is 11.6. The first-order valence-electron chi connectivity index (χ1n) is 6.35. The van der Waals surface area contributed by atoms with Crippen LogP contribution in [0, 0.1) is 5.92 Å². The van der Waals surface area contributed by atoms with Crippen molar-refractivity contribution in [1.29, 1.82) is 0 Å². The van der Waals surface area contributed by atoms with Gasteiger partial charge in [0.25, 0.3) is 0 Å². The van der Waals surface area contributed by atoms with E-state index < -0.39 is 0 Å². The maximum atomic E-state index is 11.6. The molecule has 1 rings (SSSR count). The number of ether oxygens (including phenoxy) is 1. The van der Waals surface area contributed by atoms with Crippen molar-refractivity contribution >= 4 is 5.91 Å². The zero-order valence-electron chi connectivity index (χ0n) is 10.2. The molecule has 1 heterocycles. The number of nitrogens with one attached hydrogen (secondary N) is 1. The fourth-order valence-electron chi connectivity index (χ4n) is 1.90. The molecule has 94 valence electrons. The first kappa shape index (κ1) is 13.5. The van der Waals surface area contributed by atoms with Gasteiger partial charge in [0.05, 0.1) is 12.6 Å². The third kappa shape index (κ3) is 4.94. The number of rotatable bonds is 6. The molecule has 0 radical (unpaired) electrons. The van der Waals surface area contributed by atoms with Gasteiger partial charge in [-0.15, -0.1) is 0 Å². The summed E-state index contributed by atoms with van der Waals surface area (Å²) in [6, 6.07) is -0.343. The Balaban J connectivity index is 2.12. The Morgan fingerprint density at radius 1 is 1.62 bits per heavy atom. The van der Waals surface area contributed by atoms with Crippen LogP contribution in [0.25, 0.3) is 0 Å². The van der Waals surface area contributed by atoms with Crippen LogP contribution < -0.4 is 11.1 Å². The van der Waals surface area contributed by atoms with E-state index in [0.29, 0.717) is 12.5 Å². The molecule has 0 spiro atoms. The molecule has 0 saturated carbocycles. The molecule has 0 aromatic heterocycles. The molecule has 2 atom stereocenters. The number of unbranched alkanes of at least 4 members (excludes halogenated alkanes) is 1. The van der Waals surface area contributed by atoms with Crippen LogP contribution >= 0.6 is 0 Å². The second-order valence-electron chi connectivity index (χ2n) is 4.58. The van der Waals surface area contributed by atoms with E-state index in [-0.39, 0.29) is 11.9 Å². The van der Waals surface area contributed by atoms with Crippen molar-refractivity contribution < 1.29 is 9.53 Å². The Hall–Kier alpha value is -0.610. The molecule has 1 aliphatic rings. The summed E-state index contributed by atoms with van der Waals surface area (Å²) in [6.45, 7) is 4.44. The molecule has 3 N–H and O–H groups in total. The average molecular weight is 228 g/mol. The van der Waals surface area contributed by atoms with Crippen LogP contribution in [0.5, 0.6) is 0 Å². The molecule has 1 saturated heterocycles. The minimum atomic E-state index is -0.343. The molecule has 16 heavy (non-hydrogen) atoms. The van der Waals surface area contributed by atoms with Crippen LogP contribution in [0.1, 0.15) is 39.0 Å². The van der Waals surface area contributed by atoms with Crippen molar-refractivity contribution in [1.82, 2.24) is 5.32 Å². The molecule has 0 bridgehead atoms. The van der Waals surface area contributed by atoms with Gasteiger partial charge in [0, 0.05) is 13.2 Å². The fourth-order valence-corrected chi connectivity index (χ4v) is 1.90. The maximum Gasteiger partial charge on any atom is 0.236 e. The lowest BCUT2D eigenvalue weighted by molar-refractivity contribution is -0.122. The predicted molar refractivity (Wildman–Crippen MR) is 64.1 cm³/mol. The Kier molecular flexibility index (Phi) is 6.42. The molecule has 4 heteroatoms. The lowest BCUT2D eigenvalue weighted by Crippen LogP contribution is -2.43. The van der Waals surface area contributed by atoms with Crippen LogP contribution in [-0.4, -0.2) is 31.7 Å². The third-order valence-electron chi connectivity index (χ3n) is 3.03. The van der Waals surface area contributed by atoms with Crippen LogP contribution in [-0.2, 0) is 9.53 Å². The van der Waals surface area contributed by atoms with Crippen LogP contribution in [0.4, 0.5) is 0 Å². The largest absolute Gasteiger partial charge is 0.381 e. The smallest absolute Gasteiger partial charge is 0.236 e. The van der Waals surface area contributed by atoms with Gasteiger partial charge < -0.3 is 15.8 Å². The normalized spacial score (nSPS) is 22.8. The second kappa shape index (κ2) is 7.63. The molecule has 2 unspecified atom stereocenters. The quantitative estimate of drug-likeness (QED) is 0.714. The Bertz CT molecular complexity index is 203. The third-order valence-corrected chi connectivity index (χ3v) is 3.03. The fraction of sp³-hybridized carbons (Fsp3) is 0.917. The van der Waals surface area contributed by atoms with Gasteiger partial charge in [0.15, 0.2) is 0 Å². The van der Waals surface area contributed by atoms with Crippen LogP contribution in [0.15, 0.2) is 0 Å². The number of carbonyl (C=O) groups is 1. The SMILES string of the molecule is CCCCC(N)C(=O)NCC1CCCOC1. The van der Waals surface area contributed by atoms with Crippen molar-refractivity contribution in [2.45, 2.75) is 45.1 Å². The Labute approximate surface area is 97.9 Å². The van der Waals surface area contributed by atoms with Crippen molar-refractivity contribution in [3.8, 4) is 0 Å². The standard InChI is InChI=1S/C12H24N2O2/c1-2-3-6-11(13)12(15)14-8-10-5-4-7-16-9-10/h10-11H,2-9,13H2,1H3,(H,14,15). The highest BCUT2D eigenvalue weighted by molar-refractivity contribution is 5.81. The van der Waals surface area contributed by atoms with Gasteiger partial charge in [-0.3, -0.25) is 4.79 Å². The van der Waals surface area contributed by atoms with E-state index in [1.807, 2.05) is 0 Å². The minimum Gasteiger partial charge on any atom is -0.381 e. The van der Waals surface area contributed by atoms with Crippen molar-refractivity contribution in [3.05, 3.63) is 0 Å². The molecule has 4 nitrogen and oxygen atoms in total. The van der Waals surface area contributed by atoms with E-state index in [4.69, 9.17) is 10.5 Å². The summed E-state index contributed by atoms with van der Waals surface area (Å²) in [5.74, 6) is 0.454. The number of hydrogen-bond acceptors (Lipinski definition) is 3. The summed E-state index contributed by atoms with van der Waals surface area (Å²) in [5.41, 5.74) is 5.78. The molecule has 1 aliphatic heterocycles. The van der Waals surface area contributed by atoms with Crippen molar-refractivity contribution in [2.75, 3.05) is 19.8 Å². The second-order valence-corrected chi connectivity index (χ2v) is 4.58. The van der Waals surface area contributed by atoms with Crippen LogP contribution in [0.2, 0.25) is 0 Å². The summed E-state index contributed by atoms with van der Waals surface area (Å²) in [7, 11) is 0. The maximum absolute atomic E-state index is 11.6. The van der Waals surface area contributed by atoms with Crippen molar-refractivity contribution in [2.24, 2.45) is 11.7 Å². The summed E-state index contributed by atoms with van der Waals surface area (Å²) in [6.07, 6.45) is 5.12. The van der Waals surface area contributed by atoms with E-state index in [9.17, 15) is 4.79 Å². The zero-order valence-corrected chi connectivity index (χ0v) is 10.2. The highest BCUT2D eigenvalue weighted by Gasteiger charge is 2.17. The van der Waals surface area contributed by atoms with Gasteiger partial charge in [-0.05, 0) is 25.2 Å². The first-order valence-corrected chi connectivity index (χ1v) is 6.35. The molecule has 1 amide bonds. The molecule has 0 aromatic carbocycles. The number of carbonyl (C=O) groups excluding carboxylic acids is 1. The Morgan fingerprint density at radius 3 is 3.06 bits per heavy atom. The van der Waals surface area contributed by atoms with E-state index in [1.54, 1.807) is 0 Å². The van der Waals surface area contributed by atoms with E-state index in [2.05, 4.69) is 12.2 Å². The topological polar surface area (TPSA) is 64.4 Å². The molecular formula is C12H24N2O2. The highest BCUT2D eigenvalue weighted by atomic mass is 16.5. The lowest BCUT2D eigenvalue weighted by Gasteiger charge is -2.23. The number of hydrogen-bond donors (Lipinski definition) is 2. The summed E-state index contributed by atoms with van der Waals surface area (Å²) >= 11 is 0. The first-order chi connectivity index (χ1) is 7.74. The molecular weight excluding hydrogens is 204 g/mol. The van der Waals surface area contributed by atoms with Gasteiger partial charge in [0.2, 0.25) is 5.91 Å². The number of amides is 1. The zero-order chi connectivity index (χ0) is 11.8. The summed E-state index contributed by atoms with van der Waals surface area (Å²) in [5, 5.41) is 2.92. The van der Waals surface area contributed by atoms with Gasteiger partial charge in [-0.1, -0.05) is 19.8 Å². The number of nitrogens with two attached hydrogens (primary N) is 1. The van der Waals surface area contributed by atoms with Gasteiger partial charge >= 0.3 is 0 Å². The average Bonchev–Trinajstić information content (AvgIpc) is 2.34. The van der Waals surface area contributed by atoms with Gasteiger partial charge in [0.1, 0.15) is 0 Å². The lowest BCUT2D eigenvalue weighted by atomic mass is 10.0. The van der Waals surface area contributed by atoms with Crippen LogP contribution in [0.3, 0.4) is 0 Å². The molecule has 1 fully saturated rings. The van der Waals surface area contributed by atoms with E-state index in [0.717, 1.165) is 45.3 Å². The molecule has 0 aromatic rings. The highest BCUT2D eigenvalue weighted by Crippen LogP contribution is 2.12. The van der Waals surface area contributed by atoms with Crippen molar-refractivity contribution in [3.63, 3.8) is 0 Å². The minimum absolute atomic E-state index is 0.0148. The van der Waals surface area contributed by atoms with Gasteiger partial charge in [-0.2, -0.15) is 0 Å². The Morgan fingerprint density at radius 2 is 2.44 bits per heavy atom. The molecule has 0 aliphatic carbocycles.